The number of nitrogens with zero attached hydrogens (tertiary/aromatic N) is 4. The largest absolute Gasteiger partial charge is 0.486 e. The summed E-state index contributed by atoms with van der Waals surface area (Å²) in [5, 5.41) is 12.8. The number of morpholine rings is 1. The number of para-hydroxylation sites is 1. The van der Waals surface area contributed by atoms with E-state index in [1.165, 1.54) is 6.07 Å². The molecule has 0 spiro atoms. The molecule has 32 heavy (non-hydrogen) atoms. The van der Waals surface area contributed by atoms with Crippen LogP contribution in [0.5, 0.6) is 5.75 Å². The standard InChI is InChI=1S/C23H25F2N5O2/c1-13(16-5-4-6-18-21(16)32-12-23(18,24)25)27-22-17-11-19(30-7-9-31-10-8-30)14(2)26-20(17)15(3)28-29-22/h4-6,11,13H,7-10,12H2,1-3H3,(H,27,29)/t13-/m1/s1. The molecule has 0 aliphatic carbocycles. The van der Waals surface area contributed by atoms with Gasteiger partial charge in [-0.05, 0) is 32.9 Å². The highest BCUT2D eigenvalue weighted by molar-refractivity contribution is 5.93. The van der Waals surface area contributed by atoms with Crippen molar-refractivity contribution in [2.24, 2.45) is 0 Å². The van der Waals surface area contributed by atoms with Crippen molar-refractivity contribution < 1.29 is 18.3 Å². The molecule has 3 aromatic rings. The molecule has 1 saturated heterocycles. The molecule has 2 aliphatic heterocycles. The summed E-state index contributed by atoms with van der Waals surface area (Å²) in [6.45, 7) is 8.08. The minimum absolute atomic E-state index is 0.0737. The molecule has 0 unspecified atom stereocenters. The summed E-state index contributed by atoms with van der Waals surface area (Å²) < 4.78 is 39.1. The predicted octanol–water partition coefficient (Wildman–Crippen LogP) is 4.14. The molecule has 0 amide bonds. The number of ether oxygens (including phenoxy) is 2. The fourth-order valence-corrected chi connectivity index (χ4v) is 4.38. The van der Waals surface area contributed by atoms with Gasteiger partial charge in [-0.3, -0.25) is 0 Å². The molecule has 0 bridgehead atoms. The summed E-state index contributed by atoms with van der Waals surface area (Å²) >= 11 is 0. The average molecular weight is 441 g/mol. The first kappa shape index (κ1) is 20.8. The van der Waals surface area contributed by atoms with Gasteiger partial charge in [0.05, 0.1) is 47.4 Å². The van der Waals surface area contributed by atoms with E-state index in [4.69, 9.17) is 14.5 Å². The van der Waals surface area contributed by atoms with Gasteiger partial charge in [0.2, 0.25) is 0 Å². The van der Waals surface area contributed by atoms with Crippen molar-refractivity contribution in [3.63, 3.8) is 0 Å². The number of fused-ring (bicyclic) bond motifs is 2. The lowest BCUT2D eigenvalue weighted by Crippen LogP contribution is -2.36. The van der Waals surface area contributed by atoms with Gasteiger partial charge in [0.25, 0.3) is 0 Å². The summed E-state index contributed by atoms with van der Waals surface area (Å²) in [5.41, 5.74) is 4.04. The molecule has 2 aliphatic rings. The third-order valence-corrected chi connectivity index (χ3v) is 6.09. The highest BCUT2D eigenvalue weighted by atomic mass is 19.3. The maximum atomic E-state index is 14.1. The topological polar surface area (TPSA) is 72.4 Å². The van der Waals surface area contributed by atoms with Gasteiger partial charge in [0.15, 0.2) is 12.4 Å². The Morgan fingerprint density at radius 1 is 1.12 bits per heavy atom. The Hall–Kier alpha value is -3.07. The Morgan fingerprint density at radius 3 is 2.69 bits per heavy atom. The third-order valence-electron chi connectivity index (χ3n) is 6.09. The zero-order valence-electron chi connectivity index (χ0n) is 18.3. The summed E-state index contributed by atoms with van der Waals surface area (Å²) in [4.78, 5) is 7.08. The maximum Gasteiger partial charge on any atom is 0.310 e. The van der Waals surface area contributed by atoms with E-state index < -0.39 is 12.5 Å². The molecule has 5 rings (SSSR count). The first-order valence-electron chi connectivity index (χ1n) is 10.7. The maximum absolute atomic E-state index is 14.1. The van der Waals surface area contributed by atoms with E-state index in [2.05, 4.69) is 26.5 Å². The second-order valence-corrected chi connectivity index (χ2v) is 8.31. The normalized spacial score (nSPS) is 18.3. The molecule has 168 valence electrons. The summed E-state index contributed by atoms with van der Waals surface area (Å²) in [7, 11) is 0. The number of aryl methyl sites for hydroxylation is 2. The molecule has 1 fully saturated rings. The quantitative estimate of drug-likeness (QED) is 0.653. The number of benzene rings is 1. The van der Waals surface area contributed by atoms with Crippen LogP contribution in [0.4, 0.5) is 20.3 Å². The monoisotopic (exact) mass is 441 g/mol. The fourth-order valence-electron chi connectivity index (χ4n) is 4.38. The number of alkyl halides is 2. The van der Waals surface area contributed by atoms with Crippen molar-refractivity contribution in [3.8, 4) is 5.75 Å². The van der Waals surface area contributed by atoms with Gasteiger partial charge in [-0.25, -0.2) is 4.98 Å². The molecule has 2 aromatic heterocycles. The molecular formula is C23H25F2N5O2. The van der Waals surface area contributed by atoms with E-state index >= 15 is 0 Å². The number of hydrogen-bond acceptors (Lipinski definition) is 7. The van der Waals surface area contributed by atoms with Gasteiger partial charge in [0.1, 0.15) is 5.75 Å². The molecule has 1 aromatic carbocycles. The van der Waals surface area contributed by atoms with E-state index in [9.17, 15) is 8.78 Å². The van der Waals surface area contributed by atoms with E-state index in [1.54, 1.807) is 12.1 Å². The fraction of sp³-hybridized carbons (Fsp3) is 0.435. The van der Waals surface area contributed by atoms with Crippen molar-refractivity contribution >= 4 is 22.4 Å². The molecule has 9 heteroatoms. The Balaban J connectivity index is 1.53. The van der Waals surface area contributed by atoms with Gasteiger partial charge in [-0.15, -0.1) is 5.10 Å². The zero-order valence-corrected chi connectivity index (χ0v) is 18.3. The number of anilines is 2. The Bertz CT molecular complexity index is 1180. The average Bonchev–Trinajstić information content (AvgIpc) is 3.11. The second-order valence-electron chi connectivity index (χ2n) is 8.31. The Kier molecular flexibility index (Phi) is 5.08. The van der Waals surface area contributed by atoms with Crippen molar-refractivity contribution in [2.45, 2.75) is 32.7 Å². The zero-order chi connectivity index (χ0) is 22.5. The molecule has 0 radical (unpaired) electrons. The number of hydrogen-bond donors (Lipinski definition) is 1. The van der Waals surface area contributed by atoms with Crippen molar-refractivity contribution in [1.29, 1.82) is 0 Å². The summed E-state index contributed by atoms with van der Waals surface area (Å²) in [6, 6.07) is 6.60. The van der Waals surface area contributed by atoms with Crippen LogP contribution >= 0.6 is 0 Å². The van der Waals surface area contributed by atoms with Crippen LogP contribution in [0.2, 0.25) is 0 Å². The lowest BCUT2D eigenvalue weighted by atomic mass is 10.0. The van der Waals surface area contributed by atoms with E-state index in [0.29, 0.717) is 24.6 Å². The Labute approximate surface area is 184 Å². The van der Waals surface area contributed by atoms with Gasteiger partial charge in [-0.2, -0.15) is 13.9 Å². The van der Waals surface area contributed by atoms with E-state index in [-0.39, 0.29) is 17.4 Å². The van der Waals surface area contributed by atoms with Gasteiger partial charge in [-0.1, -0.05) is 12.1 Å². The first-order valence-corrected chi connectivity index (χ1v) is 10.7. The van der Waals surface area contributed by atoms with Crippen LogP contribution in [0.15, 0.2) is 24.3 Å². The SMILES string of the molecule is Cc1nc2c(C)nnc(N[C@H](C)c3cccc4c3OCC4(F)F)c2cc1N1CCOCC1. The van der Waals surface area contributed by atoms with Crippen LogP contribution in [-0.2, 0) is 10.7 Å². The number of aromatic nitrogens is 3. The molecule has 0 saturated carbocycles. The van der Waals surface area contributed by atoms with Gasteiger partial charge in [0, 0.05) is 24.0 Å². The Morgan fingerprint density at radius 2 is 1.91 bits per heavy atom. The highest BCUT2D eigenvalue weighted by Crippen LogP contribution is 2.45. The molecule has 1 N–H and O–H groups in total. The number of rotatable bonds is 4. The second kappa shape index (κ2) is 7.81. The van der Waals surface area contributed by atoms with Gasteiger partial charge >= 0.3 is 5.92 Å². The third kappa shape index (κ3) is 3.50. The number of pyridine rings is 1. The van der Waals surface area contributed by atoms with Crippen LogP contribution in [0.1, 0.15) is 35.5 Å². The van der Waals surface area contributed by atoms with Gasteiger partial charge < -0.3 is 19.7 Å². The number of halogens is 2. The first-order chi connectivity index (χ1) is 15.3. The summed E-state index contributed by atoms with van der Waals surface area (Å²) in [5.74, 6) is -2.18. The molecular weight excluding hydrogens is 416 g/mol. The smallest absolute Gasteiger partial charge is 0.310 e. The highest BCUT2D eigenvalue weighted by Gasteiger charge is 2.42. The molecule has 7 nitrogen and oxygen atoms in total. The van der Waals surface area contributed by atoms with Crippen molar-refractivity contribution in [3.05, 3.63) is 46.8 Å². The van der Waals surface area contributed by atoms with Crippen LogP contribution in [0.25, 0.3) is 10.9 Å². The molecule has 4 heterocycles. The lowest BCUT2D eigenvalue weighted by Gasteiger charge is -2.30. The number of nitrogens with one attached hydrogen (secondary N) is 1. The minimum Gasteiger partial charge on any atom is -0.486 e. The van der Waals surface area contributed by atoms with E-state index in [1.807, 2.05) is 20.8 Å². The minimum atomic E-state index is -2.98. The summed E-state index contributed by atoms with van der Waals surface area (Å²) in [6.07, 6.45) is 0. The van der Waals surface area contributed by atoms with Crippen LogP contribution in [0.3, 0.4) is 0 Å². The molecule has 1 atom stereocenters. The van der Waals surface area contributed by atoms with Crippen molar-refractivity contribution in [1.82, 2.24) is 15.2 Å². The van der Waals surface area contributed by atoms with Crippen LogP contribution in [0, 0.1) is 13.8 Å². The lowest BCUT2D eigenvalue weighted by molar-refractivity contribution is -0.0214. The van der Waals surface area contributed by atoms with Crippen LogP contribution in [-0.4, -0.2) is 48.1 Å². The van der Waals surface area contributed by atoms with Crippen LogP contribution < -0.4 is 15.0 Å². The van der Waals surface area contributed by atoms with E-state index in [0.717, 1.165) is 41.1 Å². The van der Waals surface area contributed by atoms with Crippen molar-refractivity contribution in [2.75, 3.05) is 43.1 Å². The predicted molar refractivity (Wildman–Crippen MR) is 118 cm³/mol.